The molecule has 0 aliphatic rings. The van der Waals surface area contributed by atoms with Crippen molar-refractivity contribution in [2.45, 2.75) is 32.7 Å². The minimum atomic E-state index is -2.51. The molecule has 0 aromatic rings. The van der Waals surface area contributed by atoms with E-state index in [0.29, 0.717) is 0 Å². The van der Waals surface area contributed by atoms with Gasteiger partial charge in [0.05, 0.1) is 0 Å². The fraction of sp³-hybridized carbons (Fsp3) is 0.875. The summed E-state index contributed by atoms with van der Waals surface area (Å²) in [5.41, 5.74) is -1.27. The van der Waals surface area contributed by atoms with E-state index in [9.17, 15) is 13.6 Å². The van der Waals surface area contributed by atoms with Crippen LogP contribution in [0.5, 0.6) is 0 Å². The smallest absolute Gasteiger partial charge is 0.320 e. The maximum absolute atomic E-state index is 12.4. The van der Waals surface area contributed by atoms with Gasteiger partial charge in [-0.1, -0.05) is 13.8 Å². The summed E-state index contributed by atoms with van der Waals surface area (Å²) in [7, 11) is 1.44. The van der Waals surface area contributed by atoms with Crippen molar-refractivity contribution in [3.05, 3.63) is 0 Å². The summed E-state index contributed by atoms with van der Waals surface area (Å²) in [6.45, 7) is 2.70. The molecule has 1 unspecified atom stereocenters. The molecule has 5 heteroatoms. The lowest BCUT2D eigenvalue weighted by atomic mass is 9.86. The number of alkyl halides is 2. The van der Waals surface area contributed by atoms with E-state index in [1.165, 1.54) is 20.9 Å². The third-order valence-electron chi connectivity index (χ3n) is 1.97. The van der Waals surface area contributed by atoms with Gasteiger partial charge in [0.25, 0.3) is 0 Å². The van der Waals surface area contributed by atoms with Crippen molar-refractivity contribution >= 4 is 5.97 Å². The molecule has 0 spiro atoms. The quantitative estimate of drug-likeness (QED) is 0.696. The lowest BCUT2D eigenvalue weighted by molar-refractivity contribution is -0.140. The summed E-state index contributed by atoms with van der Waals surface area (Å²) in [5.74, 6) is -1.10. The highest BCUT2D eigenvalue weighted by molar-refractivity contribution is 5.73. The zero-order valence-corrected chi connectivity index (χ0v) is 7.97. The molecule has 0 saturated carbocycles. The molecule has 0 aliphatic heterocycles. The van der Waals surface area contributed by atoms with Crippen LogP contribution in [-0.2, 0) is 4.79 Å². The minimum Gasteiger partial charge on any atom is -0.480 e. The zero-order chi connectivity index (χ0) is 10.6. The molecule has 0 bridgehead atoms. The Hall–Kier alpha value is -0.710. The second-order valence-corrected chi connectivity index (χ2v) is 3.67. The Morgan fingerprint density at radius 1 is 1.54 bits per heavy atom. The number of rotatable bonds is 5. The Morgan fingerprint density at radius 2 is 2.00 bits per heavy atom. The van der Waals surface area contributed by atoms with Crippen molar-refractivity contribution in [1.82, 2.24) is 5.32 Å². The van der Waals surface area contributed by atoms with E-state index >= 15 is 0 Å². The van der Waals surface area contributed by atoms with Crippen molar-refractivity contribution in [1.29, 1.82) is 0 Å². The molecule has 78 valence electrons. The van der Waals surface area contributed by atoms with Crippen LogP contribution in [0.4, 0.5) is 8.78 Å². The average molecular weight is 195 g/mol. The molecule has 0 aliphatic carbocycles. The van der Waals surface area contributed by atoms with Crippen LogP contribution in [0.25, 0.3) is 0 Å². The maximum atomic E-state index is 12.4. The molecule has 0 rings (SSSR count). The molecule has 0 aromatic heterocycles. The van der Waals surface area contributed by atoms with Crippen LogP contribution >= 0.6 is 0 Å². The first-order valence-corrected chi connectivity index (χ1v) is 3.99. The molecule has 0 amide bonds. The molecule has 0 radical (unpaired) electrons. The average Bonchev–Trinajstić information content (AvgIpc) is 1.99. The Labute approximate surface area is 76.1 Å². The number of carboxylic acid groups (broad SMARTS) is 1. The van der Waals surface area contributed by atoms with Gasteiger partial charge in [0.1, 0.15) is 6.04 Å². The van der Waals surface area contributed by atoms with Gasteiger partial charge in [-0.3, -0.25) is 4.79 Å². The molecular formula is C8H15F2NO2. The van der Waals surface area contributed by atoms with Gasteiger partial charge in [-0.25, -0.2) is 8.78 Å². The first-order chi connectivity index (χ1) is 5.81. The normalized spacial score (nSPS) is 14.6. The van der Waals surface area contributed by atoms with Gasteiger partial charge < -0.3 is 10.4 Å². The third-order valence-corrected chi connectivity index (χ3v) is 1.97. The summed E-state index contributed by atoms with van der Waals surface area (Å²) < 4.78 is 24.7. The Bertz CT molecular complexity index is 183. The van der Waals surface area contributed by atoms with Crippen LogP contribution in [0, 0.1) is 5.41 Å². The molecule has 2 N–H and O–H groups in total. The van der Waals surface area contributed by atoms with Crippen molar-refractivity contribution in [2.75, 3.05) is 7.05 Å². The van der Waals surface area contributed by atoms with Gasteiger partial charge in [-0.2, -0.15) is 0 Å². The SMILES string of the molecule is CNC(CC(C)(C)C(F)F)C(=O)O. The van der Waals surface area contributed by atoms with Crippen LogP contribution in [-0.4, -0.2) is 30.6 Å². The van der Waals surface area contributed by atoms with Gasteiger partial charge in [0.15, 0.2) is 0 Å². The van der Waals surface area contributed by atoms with Gasteiger partial charge in [-0.15, -0.1) is 0 Å². The number of hydrogen-bond acceptors (Lipinski definition) is 2. The van der Waals surface area contributed by atoms with Crippen LogP contribution in [0.15, 0.2) is 0 Å². The minimum absolute atomic E-state index is 0.0868. The van der Waals surface area contributed by atoms with E-state index in [1.54, 1.807) is 0 Å². The maximum Gasteiger partial charge on any atom is 0.320 e. The van der Waals surface area contributed by atoms with Crippen LogP contribution < -0.4 is 5.32 Å². The summed E-state index contributed by atoms with van der Waals surface area (Å²) in [6, 6.07) is -0.913. The van der Waals surface area contributed by atoms with Crippen molar-refractivity contribution in [3.63, 3.8) is 0 Å². The number of carbonyl (C=O) groups is 1. The number of carboxylic acids is 1. The Morgan fingerprint density at radius 3 is 2.23 bits per heavy atom. The predicted molar refractivity (Wildman–Crippen MR) is 44.9 cm³/mol. The molecule has 13 heavy (non-hydrogen) atoms. The number of halogens is 2. The molecule has 0 heterocycles. The first kappa shape index (κ1) is 12.3. The highest BCUT2D eigenvalue weighted by Crippen LogP contribution is 2.30. The number of nitrogens with one attached hydrogen (secondary N) is 1. The Balaban J connectivity index is 4.30. The van der Waals surface area contributed by atoms with Crippen LogP contribution in [0.3, 0.4) is 0 Å². The van der Waals surface area contributed by atoms with Crippen LogP contribution in [0.1, 0.15) is 20.3 Å². The molecule has 0 fully saturated rings. The summed E-state index contributed by atoms with van der Waals surface area (Å²) >= 11 is 0. The number of hydrogen-bond donors (Lipinski definition) is 2. The van der Waals surface area contributed by atoms with E-state index in [1.807, 2.05) is 0 Å². The van der Waals surface area contributed by atoms with E-state index in [0.717, 1.165) is 0 Å². The Kier molecular flexibility index (Phi) is 4.26. The molecule has 1 atom stereocenters. The van der Waals surface area contributed by atoms with Gasteiger partial charge in [-0.05, 0) is 13.5 Å². The van der Waals surface area contributed by atoms with Crippen LogP contribution in [0.2, 0.25) is 0 Å². The van der Waals surface area contributed by atoms with E-state index < -0.39 is 23.9 Å². The highest BCUT2D eigenvalue weighted by Gasteiger charge is 2.34. The summed E-state index contributed by atoms with van der Waals surface area (Å²) in [6.07, 6.45) is -2.60. The van der Waals surface area contributed by atoms with Crippen molar-refractivity contribution in [3.8, 4) is 0 Å². The monoisotopic (exact) mass is 195 g/mol. The molecule has 3 nitrogen and oxygen atoms in total. The van der Waals surface area contributed by atoms with Gasteiger partial charge in [0.2, 0.25) is 6.43 Å². The van der Waals surface area contributed by atoms with Crippen molar-refractivity contribution < 1.29 is 18.7 Å². The number of likely N-dealkylation sites (N-methyl/N-ethyl adjacent to an activating group) is 1. The summed E-state index contributed by atoms with van der Waals surface area (Å²) in [4.78, 5) is 10.5. The summed E-state index contributed by atoms with van der Waals surface area (Å²) in [5, 5.41) is 11.1. The lowest BCUT2D eigenvalue weighted by Gasteiger charge is -2.26. The fourth-order valence-corrected chi connectivity index (χ4v) is 0.928. The zero-order valence-electron chi connectivity index (χ0n) is 7.97. The van der Waals surface area contributed by atoms with E-state index in [-0.39, 0.29) is 6.42 Å². The van der Waals surface area contributed by atoms with E-state index in [4.69, 9.17) is 5.11 Å². The standard InChI is InChI=1S/C8H15F2NO2/c1-8(2,7(9)10)4-5(11-3)6(12)13/h5,7,11H,4H2,1-3H3,(H,12,13). The van der Waals surface area contributed by atoms with Gasteiger partial charge in [0, 0.05) is 5.41 Å². The molecule has 0 aromatic carbocycles. The molecule has 0 saturated heterocycles. The molecular weight excluding hydrogens is 180 g/mol. The second kappa shape index (κ2) is 4.50. The predicted octanol–water partition coefficient (Wildman–Crippen LogP) is 1.34. The topological polar surface area (TPSA) is 49.3 Å². The fourth-order valence-electron chi connectivity index (χ4n) is 0.928. The van der Waals surface area contributed by atoms with Gasteiger partial charge >= 0.3 is 5.97 Å². The third kappa shape index (κ3) is 3.67. The largest absolute Gasteiger partial charge is 0.480 e. The number of aliphatic carboxylic acids is 1. The van der Waals surface area contributed by atoms with Crippen molar-refractivity contribution in [2.24, 2.45) is 5.41 Å². The van der Waals surface area contributed by atoms with E-state index in [2.05, 4.69) is 5.32 Å². The highest BCUT2D eigenvalue weighted by atomic mass is 19.3. The second-order valence-electron chi connectivity index (χ2n) is 3.67. The first-order valence-electron chi connectivity index (χ1n) is 3.99. The lowest BCUT2D eigenvalue weighted by Crippen LogP contribution is -2.40.